The van der Waals surface area contributed by atoms with E-state index in [1.807, 2.05) is 36.4 Å². The SMILES string of the molecule is CCNC(C)C.CN=C/C(=C\N)c1cnc2ccc(Nc3cc(OC)cc(OC)c3)nc2c1. The first kappa shape index (κ1) is 25.6. The minimum absolute atomic E-state index is 0.648. The van der Waals surface area contributed by atoms with Crippen LogP contribution in [0.25, 0.3) is 16.6 Å². The quantitative estimate of drug-likeness (QED) is 0.437. The van der Waals surface area contributed by atoms with Crippen LogP contribution in [0.1, 0.15) is 26.3 Å². The molecule has 0 unspecified atom stereocenters. The molecule has 8 nitrogen and oxygen atoms in total. The maximum atomic E-state index is 5.68. The van der Waals surface area contributed by atoms with Crippen LogP contribution in [0.3, 0.4) is 0 Å². The summed E-state index contributed by atoms with van der Waals surface area (Å²) in [6.45, 7) is 7.48. The molecular weight excluding hydrogens is 416 g/mol. The van der Waals surface area contributed by atoms with Gasteiger partial charge in [-0.2, -0.15) is 0 Å². The third-order valence-electron chi connectivity index (χ3n) is 4.55. The van der Waals surface area contributed by atoms with Gasteiger partial charge >= 0.3 is 0 Å². The molecule has 1 aromatic carbocycles. The van der Waals surface area contributed by atoms with Crippen molar-refractivity contribution >= 4 is 34.3 Å². The Labute approximate surface area is 196 Å². The average Bonchev–Trinajstić information content (AvgIpc) is 2.82. The van der Waals surface area contributed by atoms with Gasteiger partial charge in [-0.15, -0.1) is 0 Å². The lowest BCUT2D eigenvalue weighted by Gasteiger charge is -2.11. The number of allylic oxidation sites excluding steroid dienone is 1. The zero-order chi connectivity index (χ0) is 24.2. The third kappa shape index (κ3) is 7.76. The van der Waals surface area contributed by atoms with Crippen LogP contribution in [0.15, 0.2) is 53.8 Å². The van der Waals surface area contributed by atoms with Crippen molar-refractivity contribution in [3.63, 3.8) is 0 Å². The molecule has 0 saturated carbocycles. The second kappa shape index (κ2) is 13.0. The number of benzene rings is 1. The number of rotatable bonds is 8. The third-order valence-corrected chi connectivity index (χ3v) is 4.55. The van der Waals surface area contributed by atoms with Gasteiger partial charge in [0.05, 0.1) is 25.3 Å². The molecule has 176 valence electrons. The Balaban J connectivity index is 0.000000569. The number of hydrogen-bond donors (Lipinski definition) is 3. The zero-order valence-corrected chi connectivity index (χ0v) is 20.2. The summed E-state index contributed by atoms with van der Waals surface area (Å²) >= 11 is 0. The molecule has 0 bridgehead atoms. The number of methoxy groups -OCH3 is 2. The molecule has 0 aliphatic carbocycles. The molecule has 3 rings (SSSR count). The Bertz CT molecular complexity index is 1070. The van der Waals surface area contributed by atoms with E-state index < -0.39 is 0 Å². The van der Waals surface area contributed by atoms with E-state index in [1.54, 1.807) is 33.7 Å². The first-order valence-corrected chi connectivity index (χ1v) is 10.8. The van der Waals surface area contributed by atoms with Crippen molar-refractivity contribution in [2.24, 2.45) is 10.7 Å². The van der Waals surface area contributed by atoms with Gasteiger partial charge in [0.25, 0.3) is 0 Å². The van der Waals surface area contributed by atoms with Crippen molar-refractivity contribution in [3.05, 3.63) is 54.4 Å². The van der Waals surface area contributed by atoms with Gasteiger partial charge in [0, 0.05) is 66.7 Å². The number of hydrogen-bond acceptors (Lipinski definition) is 8. The van der Waals surface area contributed by atoms with E-state index in [0.717, 1.165) is 34.4 Å². The monoisotopic (exact) mass is 450 g/mol. The van der Waals surface area contributed by atoms with Crippen LogP contribution in [0, 0.1) is 0 Å². The van der Waals surface area contributed by atoms with Crippen molar-refractivity contribution in [1.82, 2.24) is 15.3 Å². The average molecular weight is 451 g/mol. The van der Waals surface area contributed by atoms with Gasteiger partial charge in [-0.1, -0.05) is 20.8 Å². The molecular formula is C25H34N6O2. The molecule has 0 saturated heterocycles. The summed E-state index contributed by atoms with van der Waals surface area (Å²) in [5.74, 6) is 2.07. The second-order valence-electron chi connectivity index (χ2n) is 7.41. The summed E-state index contributed by atoms with van der Waals surface area (Å²) < 4.78 is 10.6. The van der Waals surface area contributed by atoms with Gasteiger partial charge in [-0.3, -0.25) is 9.98 Å². The van der Waals surface area contributed by atoms with Gasteiger partial charge in [0.2, 0.25) is 0 Å². The highest BCUT2D eigenvalue weighted by Crippen LogP contribution is 2.28. The Kier molecular flexibility index (Phi) is 10.1. The van der Waals surface area contributed by atoms with Crippen LogP contribution >= 0.6 is 0 Å². The molecule has 0 amide bonds. The van der Waals surface area contributed by atoms with E-state index in [0.29, 0.717) is 23.4 Å². The van der Waals surface area contributed by atoms with Crippen molar-refractivity contribution < 1.29 is 9.47 Å². The van der Waals surface area contributed by atoms with Gasteiger partial charge in [-0.05, 0) is 24.7 Å². The molecule has 2 aromatic heterocycles. The lowest BCUT2D eigenvalue weighted by atomic mass is 10.1. The standard InChI is InChI=1S/C20H21N5O2.C5H13N/c1-22-11-14(10-21)13-6-19-18(23-12-13)4-5-20(25-19)24-15-7-16(26-2)9-17(8-15)27-3;1-4-6-5(2)3/h4-12H,21H2,1-3H3,(H,24,25);5-6H,4H2,1-3H3/b14-10+,22-11?;. The fourth-order valence-corrected chi connectivity index (χ4v) is 3.02. The number of aromatic nitrogens is 2. The molecule has 33 heavy (non-hydrogen) atoms. The largest absolute Gasteiger partial charge is 0.497 e. The number of ether oxygens (including phenoxy) is 2. The number of nitrogens with two attached hydrogens (primary N) is 1. The van der Waals surface area contributed by atoms with Crippen molar-refractivity contribution in [2.75, 3.05) is 33.1 Å². The highest BCUT2D eigenvalue weighted by molar-refractivity contribution is 6.10. The number of nitrogens with one attached hydrogen (secondary N) is 2. The molecule has 0 fully saturated rings. The fourth-order valence-electron chi connectivity index (χ4n) is 3.02. The zero-order valence-electron chi connectivity index (χ0n) is 20.2. The van der Waals surface area contributed by atoms with E-state index in [2.05, 4.69) is 46.4 Å². The van der Waals surface area contributed by atoms with Crippen molar-refractivity contribution in [2.45, 2.75) is 26.8 Å². The van der Waals surface area contributed by atoms with Crippen LogP contribution in [-0.2, 0) is 0 Å². The smallest absolute Gasteiger partial charge is 0.131 e. The lowest BCUT2D eigenvalue weighted by molar-refractivity contribution is 0.395. The molecule has 0 spiro atoms. The molecule has 0 atom stereocenters. The number of fused-ring (bicyclic) bond motifs is 1. The highest BCUT2D eigenvalue weighted by Gasteiger charge is 2.06. The van der Waals surface area contributed by atoms with Crippen LogP contribution < -0.4 is 25.8 Å². The van der Waals surface area contributed by atoms with Crippen LogP contribution in [0.2, 0.25) is 0 Å². The Morgan fingerprint density at radius 3 is 2.30 bits per heavy atom. The molecule has 3 aromatic rings. The Morgan fingerprint density at radius 2 is 1.79 bits per heavy atom. The van der Waals surface area contributed by atoms with E-state index in [4.69, 9.17) is 15.2 Å². The topological polar surface area (TPSA) is 107 Å². The van der Waals surface area contributed by atoms with Crippen LogP contribution in [0.4, 0.5) is 11.5 Å². The van der Waals surface area contributed by atoms with E-state index in [9.17, 15) is 0 Å². The summed E-state index contributed by atoms with van der Waals surface area (Å²) in [5, 5.41) is 6.48. The van der Waals surface area contributed by atoms with Gasteiger partial charge in [0.1, 0.15) is 17.3 Å². The van der Waals surface area contributed by atoms with E-state index >= 15 is 0 Å². The summed E-state index contributed by atoms with van der Waals surface area (Å²) in [6.07, 6.45) is 4.94. The lowest BCUT2D eigenvalue weighted by Crippen LogP contribution is -2.21. The molecule has 4 N–H and O–H groups in total. The van der Waals surface area contributed by atoms with Gasteiger partial charge in [0.15, 0.2) is 0 Å². The van der Waals surface area contributed by atoms with E-state index in [-0.39, 0.29) is 0 Å². The second-order valence-corrected chi connectivity index (χ2v) is 7.41. The Morgan fingerprint density at radius 1 is 1.09 bits per heavy atom. The van der Waals surface area contributed by atoms with Crippen molar-refractivity contribution in [1.29, 1.82) is 0 Å². The minimum Gasteiger partial charge on any atom is -0.497 e. The maximum absolute atomic E-state index is 5.68. The predicted octanol–water partition coefficient (Wildman–Crippen LogP) is 4.40. The Hall–Kier alpha value is -3.65. The highest BCUT2D eigenvalue weighted by atomic mass is 16.5. The van der Waals surface area contributed by atoms with Gasteiger partial charge in [-0.25, -0.2) is 4.98 Å². The first-order chi connectivity index (χ1) is 15.9. The molecule has 0 aliphatic heterocycles. The molecule has 0 radical (unpaired) electrons. The summed E-state index contributed by atoms with van der Waals surface area (Å²) in [4.78, 5) is 13.1. The molecule has 2 heterocycles. The predicted molar refractivity (Wildman–Crippen MR) is 138 cm³/mol. The minimum atomic E-state index is 0.648. The number of anilines is 2. The fraction of sp³-hybridized carbons (Fsp3) is 0.320. The van der Waals surface area contributed by atoms with Crippen molar-refractivity contribution in [3.8, 4) is 11.5 Å². The summed E-state index contributed by atoms with van der Waals surface area (Å²) in [7, 11) is 4.92. The van der Waals surface area contributed by atoms with E-state index in [1.165, 1.54) is 6.20 Å². The summed E-state index contributed by atoms with van der Waals surface area (Å²) in [6, 6.07) is 11.9. The number of nitrogens with zero attached hydrogens (tertiary/aromatic N) is 3. The number of pyridine rings is 2. The normalized spacial score (nSPS) is 11.4. The molecule has 0 aliphatic rings. The molecule has 8 heteroatoms. The first-order valence-electron chi connectivity index (χ1n) is 10.8. The summed E-state index contributed by atoms with van der Waals surface area (Å²) in [5.41, 5.74) is 9.66. The number of aliphatic imine (C=N–C) groups is 1. The van der Waals surface area contributed by atoms with Crippen LogP contribution in [-0.4, -0.2) is 50.0 Å². The maximum Gasteiger partial charge on any atom is 0.131 e. The van der Waals surface area contributed by atoms with Gasteiger partial charge < -0.3 is 25.8 Å². The van der Waals surface area contributed by atoms with Crippen LogP contribution in [0.5, 0.6) is 11.5 Å².